The van der Waals surface area contributed by atoms with E-state index in [2.05, 4.69) is 64.2 Å². The van der Waals surface area contributed by atoms with Crippen LogP contribution in [0.3, 0.4) is 0 Å². The van der Waals surface area contributed by atoms with Crippen LogP contribution in [0.25, 0.3) is 11.4 Å². The fraction of sp³-hybridized carbons (Fsp3) is 0.696. The maximum Gasteiger partial charge on any atom is 0.309 e. The molecule has 7 rings (SSSR count). The maximum absolute atomic E-state index is 14.2. The minimum atomic E-state index is -1.17. The van der Waals surface area contributed by atoms with Crippen LogP contribution in [0.2, 0.25) is 0 Å². The predicted molar refractivity (Wildman–Crippen MR) is 210 cm³/mol. The lowest BCUT2D eigenvalue weighted by atomic mass is 9.33. The summed E-state index contributed by atoms with van der Waals surface area (Å²) in [7, 11) is 2.02. The van der Waals surface area contributed by atoms with E-state index in [4.69, 9.17) is 9.84 Å². The number of ether oxygens (including phenoxy) is 1. The summed E-state index contributed by atoms with van der Waals surface area (Å²) >= 11 is 0. The van der Waals surface area contributed by atoms with E-state index in [9.17, 15) is 24.8 Å². The van der Waals surface area contributed by atoms with Gasteiger partial charge in [-0.05, 0) is 135 Å². The smallest absolute Gasteiger partial charge is 0.309 e. The predicted octanol–water partition coefficient (Wildman–Crippen LogP) is 9.29. The van der Waals surface area contributed by atoms with Crippen LogP contribution >= 0.6 is 0 Å². The summed E-state index contributed by atoms with van der Waals surface area (Å²) in [4.78, 5) is 39.1. The highest BCUT2D eigenvalue weighted by atomic mass is 16.5. The van der Waals surface area contributed by atoms with Crippen molar-refractivity contribution in [2.45, 2.75) is 139 Å². The molecule has 0 saturated heterocycles. The number of carboxylic acid groups (broad SMARTS) is 1. The largest absolute Gasteiger partial charge is 0.481 e. The molecule has 0 bridgehead atoms. The van der Waals surface area contributed by atoms with Gasteiger partial charge in [-0.3, -0.25) is 14.4 Å². The van der Waals surface area contributed by atoms with Gasteiger partial charge in [0.05, 0.1) is 23.5 Å². The molecule has 1 heterocycles. The molecule has 1 aromatic carbocycles. The SMILES string of the molecule is CC(C)C1=C2[C@H]3CC[C@@H]4[C@@]5(C)CC[C@H](OC(=O)CC(C)(C)C(=O)O)C(C)(C)[C@@H]5CC[C@@]4(C)[C@]3(C)CC[C@@]2(Cc2nnc(-c3ccc(C#N)cc3)n2C)CC1=O. The van der Waals surface area contributed by atoms with Crippen LogP contribution in [-0.4, -0.2) is 43.7 Å². The van der Waals surface area contributed by atoms with Gasteiger partial charge in [0.1, 0.15) is 11.9 Å². The first kappa shape index (κ1) is 39.4. The zero-order valence-corrected chi connectivity index (χ0v) is 34.8. The molecule has 0 radical (unpaired) electrons. The van der Waals surface area contributed by atoms with E-state index in [1.165, 1.54) is 5.57 Å². The van der Waals surface area contributed by atoms with Crippen LogP contribution in [0.4, 0.5) is 0 Å². The lowest BCUT2D eigenvalue weighted by Crippen LogP contribution is -2.65. The van der Waals surface area contributed by atoms with E-state index >= 15 is 0 Å². The van der Waals surface area contributed by atoms with Crippen molar-refractivity contribution in [3.05, 3.63) is 46.8 Å². The van der Waals surface area contributed by atoms with Gasteiger partial charge in [-0.25, -0.2) is 0 Å². The molecular weight excluding hydrogens is 689 g/mol. The summed E-state index contributed by atoms with van der Waals surface area (Å²) in [6.45, 7) is 19.8. The second kappa shape index (κ2) is 13.1. The molecule has 9 nitrogen and oxygen atoms in total. The maximum atomic E-state index is 14.2. The van der Waals surface area contributed by atoms with Gasteiger partial charge in [0, 0.05) is 36.3 Å². The molecule has 0 spiro atoms. The Morgan fingerprint density at radius 3 is 2.29 bits per heavy atom. The topological polar surface area (TPSA) is 135 Å². The average Bonchev–Trinajstić information content (AvgIpc) is 3.61. The number of hydrogen-bond donors (Lipinski definition) is 1. The molecule has 5 aliphatic rings. The Bertz CT molecular complexity index is 1980. The molecule has 2 aromatic rings. The fourth-order valence-electron chi connectivity index (χ4n) is 13.5. The minimum absolute atomic E-state index is 0.0247. The Hall–Kier alpha value is -3.80. The Kier molecular flexibility index (Phi) is 9.41. The number of nitriles is 1. The molecule has 8 atom stereocenters. The van der Waals surface area contributed by atoms with Gasteiger partial charge in [-0.15, -0.1) is 10.2 Å². The highest BCUT2D eigenvalue weighted by Crippen LogP contribution is 2.77. The second-order valence-corrected chi connectivity index (χ2v) is 20.5. The third-order valence-electron chi connectivity index (χ3n) is 16.7. The van der Waals surface area contributed by atoms with Gasteiger partial charge < -0.3 is 14.4 Å². The minimum Gasteiger partial charge on any atom is -0.481 e. The van der Waals surface area contributed by atoms with Crippen molar-refractivity contribution in [3.63, 3.8) is 0 Å². The molecule has 4 fully saturated rings. The van der Waals surface area contributed by atoms with Crippen LogP contribution in [0, 0.1) is 67.5 Å². The normalized spacial score (nSPS) is 35.3. The van der Waals surface area contributed by atoms with Gasteiger partial charge in [-0.1, -0.05) is 54.0 Å². The number of hydrogen-bond acceptors (Lipinski definition) is 7. The van der Waals surface area contributed by atoms with E-state index in [1.807, 2.05) is 31.3 Å². The van der Waals surface area contributed by atoms with Gasteiger partial charge in [-0.2, -0.15) is 5.26 Å². The van der Waals surface area contributed by atoms with Crippen molar-refractivity contribution in [2.24, 2.45) is 63.2 Å². The zero-order valence-electron chi connectivity index (χ0n) is 34.8. The van der Waals surface area contributed by atoms with Gasteiger partial charge in [0.2, 0.25) is 0 Å². The van der Waals surface area contributed by atoms with Crippen molar-refractivity contribution in [3.8, 4) is 17.5 Å². The summed E-state index contributed by atoms with van der Waals surface area (Å²) in [5.74, 6) is 1.93. The van der Waals surface area contributed by atoms with Gasteiger partial charge in [0.25, 0.3) is 0 Å². The molecule has 5 aliphatic carbocycles. The number of rotatable bonds is 8. The van der Waals surface area contributed by atoms with Crippen molar-refractivity contribution in [1.29, 1.82) is 5.26 Å². The summed E-state index contributed by atoms with van der Waals surface area (Å²) in [5.41, 5.74) is 2.52. The fourth-order valence-corrected chi connectivity index (χ4v) is 13.5. The van der Waals surface area contributed by atoms with Crippen molar-refractivity contribution in [1.82, 2.24) is 14.8 Å². The van der Waals surface area contributed by atoms with E-state index in [0.29, 0.717) is 41.9 Å². The van der Waals surface area contributed by atoms with Crippen LogP contribution in [0.1, 0.15) is 138 Å². The molecule has 9 heteroatoms. The molecule has 1 aromatic heterocycles. The summed E-state index contributed by atoms with van der Waals surface area (Å²) < 4.78 is 8.27. The van der Waals surface area contributed by atoms with Crippen LogP contribution in [-0.2, 0) is 32.6 Å². The first-order chi connectivity index (χ1) is 25.6. The number of carbonyl (C=O) groups is 3. The van der Waals surface area contributed by atoms with Gasteiger partial charge in [0.15, 0.2) is 11.6 Å². The summed E-state index contributed by atoms with van der Waals surface area (Å²) in [6, 6.07) is 9.67. The Morgan fingerprint density at radius 1 is 0.964 bits per heavy atom. The molecule has 0 amide bonds. The molecule has 55 heavy (non-hydrogen) atoms. The number of Topliss-reactive ketones (excluding diaryl/α,β-unsaturated/α-hetero) is 1. The monoisotopic (exact) mass is 750 g/mol. The third kappa shape index (κ3) is 5.85. The summed E-state index contributed by atoms with van der Waals surface area (Å²) in [6.07, 6.45) is 8.99. The standard InChI is InChI=1S/C46H62N4O5/c1-27(2)37-31(51)23-46(24-35-48-49-39(50(35)10)29-13-11-28(26-47)12-14-29)22-21-44(8)30(38(37)46)15-16-33-43(7)19-18-34(55-36(52)25-41(3,4)40(53)54)42(5,6)32(43)17-20-45(33,44)9/h11-14,27,30,32-34H,15-25H2,1-10H3,(H,53,54)/t30-,32+,33-,34+,43+,44-,45-,46+/m1/s1. The van der Waals surface area contributed by atoms with E-state index in [0.717, 1.165) is 74.2 Å². The number of aliphatic carboxylic acids is 1. The van der Waals surface area contributed by atoms with Gasteiger partial charge >= 0.3 is 11.9 Å². The van der Waals surface area contributed by atoms with Crippen LogP contribution < -0.4 is 0 Å². The van der Waals surface area contributed by atoms with Crippen LogP contribution in [0.15, 0.2) is 35.4 Å². The first-order valence-electron chi connectivity index (χ1n) is 20.7. The van der Waals surface area contributed by atoms with E-state index < -0.39 is 17.4 Å². The number of carbonyl (C=O) groups excluding carboxylic acids is 2. The quantitative estimate of drug-likeness (QED) is 0.264. The Morgan fingerprint density at radius 2 is 1.65 bits per heavy atom. The van der Waals surface area contributed by atoms with E-state index in [-0.39, 0.29) is 45.5 Å². The number of esters is 1. The highest BCUT2D eigenvalue weighted by molar-refractivity contribution is 6.00. The molecule has 0 unspecified atom stereocenters. The van der Waals surface area contributed by atoms with Crippen LogP contribution in [0.5, 0.6) is 0 Å². The number of aromatic nitrogens is 3. The molecule has 296 valence electrons. The first-order valence-corrected chi connectivity index (χ1v) is 20.7. The Balaban J connectivity index is 1.18. The second-order valence-electron chi connectivity index (χ2n) is 20.5. The zero-order chi connectivity index (χ0) is 40.1. The number of ketones is 1. The average molecular weight is 751 g/mol. The van der Waals surface area contributed by atoms with E-state index in [1.54, 1.807) is 13.8 Å². The number of fused-ring (bicyclic) bond motifs is 7. The highest BCUT2D eigenvalue weighted by Gasteiger charge is 2.70. The molecular formula is C46H62N4O5. The molecule has 1 N–H and O–H groups in total. The number of allylic oxidation sites excluding steroid dienone is 2. The summed E-state index contributed by atoms with van der Waals surface area (Å²) in [5, 5.41) is 28.3. The Labute approximate surface area is 327 Å². The molecule has 4 saturated carbocycles. The number of nitrogens with zero attached hydrogens (tertiary/aromatic N) is 4. The van der Waals surface area contributed by atoms with Crippen molar-refractivity contribution >= 4 is 17.7 Å². The number of carboxylic acids is 1. The number of benzene rings is 1. The van der Waals surface area contributed by atoms with Crippen molar-refractivity contribution in [2.75, 3.05) is 0 Å². The third-order valence-corrected chi connectivity index (χ3v) is 16.7. The molecule has 0 aliphatic heterocycles. The lowest BCUT2D eigenvalue weighted by Gasteiger charge is -2.72. The van der Waals surface area contributed by atoms with Crippen molar-refractivity contribution < 1.29 is 24.2 Å². The lowest BCUT2D eigenvalue weighted by molar-refractivity contribution is -0.233.